The van der Waals surface area contributed by atoms with Gasteiger partial charge in [0, 0.05) is 5.56 Å². The molecule has 0 atom stereocenters. The Hall–Kier alpha value is -3.33. The quantitative estimate of drug-likeness (QED) is 0.461. The molecule has 3 rings (SSSR count). The number of hydrogen-bond donors (Lipinski definition) is 1. The van der Waals surface area contributed by atoms with E-state index in [-0.39, 0.29) is 6.61 Å². The highest BCUT2D eigenvalue weighted by Gasteiger charge is 2.15. The lowest BCUT2D eigenvalue weighted by atomic mass is 10.2. The van der Waals surface area contributed by atoms with E-state index >= 15 is 0 Å². The molecule has 0 spiro atoms. The van der Waals surface area contributed by atoms with Crippen molar-refractivity contribution in [3.8, 4) is 23.0 Å². The van der Waals surface area contributed by atoms with Crippen LogP contribution in [-0.4, -0.2) is 42.4 Å². The third-order valence-electron chi connectivity index (χ3n) is 3.88. The van der Waals surface area contributed by atoms with Gasteiger partial charge in [-0.1, -0.05) is 18.2 Å². The molecule has 0 saturated carbocycles. The first kappa shape index (κ1) is 19.4. The Morgan fingerprint density at radius 2 is 1.79 bits per heavy atom. The molecule has 8 nitrogen and oxygen atoms in total. The fourth-order valence-corrected chi connectivity index (χ4v) is 2.75. The van der Waals surface area contributed by atoms with Crippen LogP contribution in [0.3, 0.4) is 0 Å². The second-order valence-electron chi connectivity index (χ2n) is 5.53. The largest absolute Gasteiger partial charge is 0.493 e. The van der Waals surface area contributed by atoms with Crippen LogP contribution in [0.5, 0.6) is 23.0 Å². The number of nitrogens with zero attached hydrogens (tertiary/aromatic N) is 3. The zero-order valence-corrected chi connectivity index (χ0v) is 16.5. The number of para-hydroxylation sites is 1. The monoisotopic (exact) mass is 400 g/mol. The van der Waals surface area contributed by atoms with Crippen molar-refractivity contribution >= 4 is 18.4 Å². The van der Waals surface area contributed by atoms with E-state index in [2.05, 4.69) is 15.3 Å². The molecule has 3 aromatic rings. The number of methoxy groups -OCH3 is 3. The molecule has 9 heteroatoms. The van der Waals surface area contributed by atoms with Crippen LogP contribution in [-0.2, 0) is 6.61 Å². The number of aromatic nitrogens is 3. The highest BCUT2D eigenvalue weighted by molar-refractivity contribution is 7.71. The van der Waals surface area contributed by atoms with Gasteiger partial charge in [0.2, 0.25) is 10.5 Å². The molecule has 2 aromatic carbocycles. The van der Waals surface area contributed by atoms with Crippen LogP contribution >= 0.6 is 12.2 Å². The van der Waals surface area contributed by atoms with Gasteiger partial charge in [0.25, 0.3) is 0 Å². The molecule has 1 N–H and O–H groups in total. The van der Waals surface area contributed by atoms with Crippen molar-refractivity contribution in [2.45, 2.75) is 6.61 Å². The van der Waals surface area contributed by atoms with Crippen LogP contribution in [0.4, 0.5) is 0 Å². The zero-order valence-electron chi connectivity index (χ0n) is 15.7. The molecule has 146 valence electrons. The summed E-state index contributed by atoms with van der Waals surface area (Å²) >= 11 is 5.27. The van der Waals surface area contributed by atoms with Crippen LogP contribution < -0.4 is 18.9 Å². The Morgan fingerprint density at radius 3 is 2.46 bits per heavy atom. The van der Waals surface area contributed by atoms with Crippen molar-refractivity contribution < 1.29 is 18.9 Å². The van der Waals surface area contributed by atoms with Gasteiger partial charge in [-0.15, -0.1) is 0 Å². The molecule has 0 unspecified atom stereocenters. The number of H-pyrrole nitrogens is 1. The van der Waals surface area contributed by atoms with E-state index in [4.69, 9.17) is 31.2 Å². The average Bonchev–Trinajstić information content (AvgIpc) is 3.09. The van der Waals surface area contributed by atoms with Crippen molar-refractivity contribution in [3.05, 3.63) is 58.6 Å². The average molecular weight is 400 g/mol. The Balaban J connectivity index is 1.87. The number of benzene rings is 2. The first-order chi connectivity index (χ1) is 13.7. The molecular formula is C19H20N4O4S. The topological polar surface area (TPSA) is 82.9 Å². The number of rotatable bonds is 8. The lowest BCUT2D eigenvalue weighted by molar-refractivity contribution is 0.290. The minimum absolute atomic E-state index is 0.206. The highest BCUT2D eigenvalue weighted by Crippen LogP contribution is 2.39. The number of hydrogen-bond acceptors (Lipinski definition) is 7. The summed E-state index contributed by atoms with van der Waals surface area (Å²) in [5.74, 6) is 2.81. The molecule has 0 bridgehead atoms. The maximum atomic E-state index is 5.73. The SMILES string of the molecule is COc1ccc(/C=N\n2c(COc3ccccc3)n[nH]c2=S)c(OC)c1OC. The fraction of sp³-hybridized carbons (Fsp3) is 0.211. The summed E-state index contributed by atoms with van der Waals surface area (Å²) < 4.78 is 23.7. The Morgan fingerprint density at radius 1 is 1.04 bits per heavy atom. The van der Waals surface area contributed by atoms with Gasteiger partial charge in [0.05, 0.1) is 27.5 Å². The van der Waals surface area contributed by atoms with Crippen molar-refractivity contribution in [2.75, 3.05) is 21.3 Å². The minimum atomic E-state index is 0.206. The Kier molecular flexibility index (Phi) is 6.28. The van der Waals surface area contributed by atoms with E-state index in [1.165, 1.54) is 4.68 Å². The highest BCUT2D eigenvalue weighted by atomic mass is 32.1. The predicted molar refractivity (Wildman–Crippen MR) is 107 cm³/mol. The maximum absolute atomic E-state index is 5.73. The van der Waals surface area contributed by atoms with Gasteiger partial charge in [-0.25, -0.2) is 5.10 Å². The summed E-state index contributed by atoms with van der Waals surface area (Å²) in [6, 6.07) is 13.0. The van der Waals surface area contributed by atoms with E-state index in [1.807, 2.05) is 36.4 Å². The van der Waals surface area contributed by atoms with Crippen LogP contribution in [0.25, 0.3) is 0 Å². The predicted octanol–water partition coefficient (Wildman–Crippen LogP) is 3.43. The summed E-state index contributed by atoms with van der Waals surface area (Å²) in [7, 11) is 4.67. The zero-order chi connectivity index (χ0) is 19.9. The number of ether oxygens (including phenoxy) is 4. The van der Waals surface area contributed by atoms with Gasteiger partial charge in [0.1, 0.15) is 12.4 Å². The van der Waals surface area contributed by atoms with Crippen molar-refractivity contribution in [1.82, 2.24) is 14.9 Å². The van der Waals surface area contributed by atoms with Gasteiger partial charge in [-0.05, 0) is 36.5 Å². The lowest BCUT2D eigenvalue weighted by Gasteiger charge is -2.13. The second kappa shape index (κ2) is 9.05. The molecule has 1 heterocycles. The van der Waals surface area contributed by atoms with Crippen molar-refractivity contribution in [3.63, 3.8) is 0 Å². The molecule has 0 aliphatic carbocycles. The molecule has 28 heavy (non-hydrogen) atoms. The van der Waals surface area contributed by atoms with E-state index < -0.39 is 0 Å². The van der Waals surface area contributed by atoms with Gasteiger partial charge in [-0.2, -0.15) is 14.9 Å². The summed E-state index contributed by atoms with van der Waals surface area (Å²) in [5.41, 5.74) is 0.693. The van der Waals surface area contributed by atoms with E-state index in [9.17, 15) is 0 Å². The van der Waals surface area contributed by atoms with Gasteiger partial charge in [-0.3, -0.25) is 0 Å². The smallest absolute Gasteiger partial charge is 0.216 e. The summed E-state index contributed by atoms with van der Waals surface area (Å²) in [6.45, 7) is 0.206. The fourth-order valence-electron chi connectivity index (χ4n) is 2.55. The van der Waals surface area contributed by atoms with Crippen LogP contribution in [0.1, 0.15) is 11.4 Å². The summed E-state index contributed by atoms with van der Waals surface area (Å²) in [6.07, 6.45) is 1.61. The van der Waals surface area contributed by atoms with Gasteiger partial charge < -0.3 is 18.9 Å². The number of aromatic amines is 1. The standard InChI is InChI=1S/C19H20N4O4S/c1-24-15-10-9-13(17(25-2)18(15)26-3)11-20-23-16(21-22-19(23)28)12-27-14-7-5-4-6-8-14/h4-11H,12H2,1-3H3,(H,22,28)/b20-11-. The molecule has 0 fully saturated rings. The van der Waals surface area contributed by atoms with Gasteiger partial charge in [0.15, 0.2) is 17.3 Å². The van der Waals surface area contributed by atoms with Crippen molar-refractivity contribution in [2.24, 2.45) is 5.10 Å². The molecule has 0 saturated heterocycles. The second-order valence-corrected chi connectivity index (χ2v) is 5.91. The normalized spacial score (nSPS) is 10.8. The molecule has 0 aliphatic heterocycles. The Bertz CT molecular complexity index is 1010. The molecule has 0 radical (unpaired) electrons. The molecule has 0 amide bonds. The van der Waals surface area contributed by atoms with Crippen LogP contribution in [0, 0.1) is 4.77 Å². The molecular weight excluding hydrogens is 380 g/mol. The van der Waals surface area contributed by atoms with E-state index in [0.29, 0.717) is 33.4 Å². The van der Waals surface area contributed by atoms with Crippen LogP contribution in [0.15, 0.2) is 47.6 Å². The first-order valence-electron chi connectivity index (χ1n) is 8.35. The van der Waals surface area contributed by atoms with E-state index in [1.54, 1.807) is 33.6 Å². The number of nitrogens with one attached hydrogen (secondary N) is 1. The molecule has 1 aromatic heterocycles. The summed E-state index contributed by atoms with van der Waals surface area (Å²) in [5, 5.41) is 11.3. The minimum Gasteiger partial charge on any atom is -0.493 e. The van der Waals surface area contributed by atoms with E-state index in [0.717, 1.165) is 5.75 Å². The maximum Gasteiger partial charge on any atom is 0.216 e. The van der Waals surface area contributed by atoms with Crippen molar-refractivity contribution in [1.29, 1.82) is 0 Å². The lowest BCUT2D eigenvalue weighted by Crippen LogP contribution is -2.04. The third kappa shape index (κ3) is 4.15. The van der Waals surface area contributed by atoms with Crippen LogP contribution in [0.2, 0.25) is 0 Å². The Labute approximate surface area is 167 Å². The van der Waals surface area contributed by atoms with Gasteiger partial charge >= 0.3 is 0 Å². The molecule has 0 aliphatic rings. The first-order valence-corrected chi connectivity index (χ1v) is 8.76. The summed E-state index contributed by atoms with van der Waals surface area (Å²) in [4.78, 5) is 0. The third-order valence-corrected chi connectivity index (χ3v) is 4.14.